The molecule has 0 saturated carbocycles. The lowest BCUT2D eigenvalue weighted by molar-refractivity contribution is -0.0611. The van der Waals surface area contributed by atoms with Crippen LogP contribution in [-0.2, 0) is 18.9 Å². The Hall–Kier alpha value is -0.160. The highest BCUT2D eigenvalue weighted by molar-refractivity contribution is 4.67. The first-order chi connectivity index (χ1) is 5.45. The van der Waals surface area contributed by atoms with Crippen LogP contribution in [-0.4, -0.2) is 45.4 Å². The average molecular weight is 208 g/mol. The van der Waals surface area contributed by atoms with E-state index in [9.17, 15) is 0 Å². The summed E-state index contributed by atoms with van der Waals surface area (Å²) in [7, 11) is 0. The number of hydrogen-bond donors (Lipinski definition) is 0. The van der Waals surface area contributed by atoms with Gasteiger partial charge in [-0.15, -0.1) is 0 Å². The van der Waals surface area contributed by atoms with Crippen molar-refractivity contribution in [1.82, 2.24) is 0 Å². The van der Waals surface area contributed by atoms with E-state index in [1.54, 1.807) is 0 Å². The maximum atomic E-state index is 5.13. The predicted molar refractivity (Wildman–Crippen MR) is 56.4 cm³/mol. The van der Waals surface area contributed by atoms with Gasteiger partial charge in [-0.25, -0.2) is 0 Å². The van der Waals surface area contributed by atoms with Gasteiger partial charge in [0.25, 0.3) is 0 Å². The van der Waals surface area contributed by atoms with Gasteiger partial charge in [0.1, 0.15) is 19.0 Å². The van der Waals surface area contributed by atoms with Crippen molar-refractivity contribution in [2.45, 2.75) is 34.5 Å². The van der Waals surface area contributed by atoms with E-state index in [1.165, 1.54) is 0 Å². The fraction of sp³-hybridized carbons (Fsp3) is 1.00. The van der Waals surface area contributed by atoms with Gasteiger partial charge >= 0.3 is 0 Å². The van der Waals surface area contributed by atoms with Gasteiger partial charge in [-0.05, 0) is 0 Å². The van der Waals surface area contributed by atoms with Crippen LogP contribution in [0.25, 0.3) is 0 Å². The molecule has 0 spiro atoms. The minimum absolute atomic E-state index is 0. The Bertz CT molecular complexity index is 107. The highest BCUT2D eigenvalue weighted by Crippen LogP contribution is 2.10. The molecule has 0 aromatic rings. The van der Waals surface area contributed by atoms with Crippen LogP contribution in [0.3, 0.4) is 0 Å². The van der Waals surface area contributed by atoms with Crippen molar-refractivity contribution in [3.63, 3.8) is 0 Å². The summed E-state index contributed by atoms with van der Waals surface area (Å²) in [6.07, 6.45) is 0.659. The molecule has 0 amide bonds. The second-order valence-electron chi connectivity index (χ2n) is 2.77. The topological polar surface area (TPSA) is 43.5 Å². The minimum atomic E-state index is 0. The third-order valence-electron chi connectivity index (χ3n) is 1.58. The summed E-state index contributed by atoms with van der Waals surface area (Å²) in [6, 6.07) is 0. The maximum absolute atomic E-state index is 5.13. The SMILES string of the molecule is C.C.C.C(OCC1CO1)OCC1CO1. The molecule has 0 aromatic heterocycles. The zero-order valence-electron chi connectivity index (χ0n) is 6.32. The fourth-order valence-corrected chi connectivity index (χ4v) is 0.747. The van der Waals surface area contributed by atoms with Crippen LogP contribution in [0.2, 0.25) is 0 Å². The molecule has 2 rings (SSSR count). The molecule has 0 aliphatic carbocycles. The summed E-state index contributed by atoms with van der Waals surface area (Å²) < 4.78 is 20.2. The zero-order valence-corrected chi connectivity index (χ0v) is 6.32. The predicted octanol–water partition coefficient (Wildman–Crippen LogP) is 1.68. The van der Waals surface area contributed by atoms with Crippen LogP contribution in [0, 0.1) is 0 Å². The average Bonchev–Trinajstić information content (AvgIpc) is 2.83. The first kappa shape index (κ1) is 16.3. The second-order valence-corrected chi connectivity index (χ2v) is 2.77. The van der Waals surface area contributed by atoms with Crippen LogP contribution >= 0.6 is 0 Å². The van der Waals surface area contributed by atoms with E-state index < -0.39 is 0 Å². The minimum Gasteiger partial charge on any atom is -0.371 e. The molecule has 2 atom stereocenters. The Balaban J connectivity index is 0. The molecule has 0 N–H and O–H groups in total. The molecule has 0 aromatic carbocycles. The van der Waals surface area contributed by atoms with Crippen molar-refractivity contribution in [2.75, 3.05) is 33.2 Å². The first-order valence-corrected chi connectivity index (χ1v) is 3.84. The van der Waals surface area contributed by atoms with Crippen molar-refractivity contribution in [2.24, 2.45) is 0 Å². The molecule has 2 unspecified atom stereocenters. The van der Waals surface area contributed by atoms with Crippen LogP contribution < -0.4 is 0 Å². The van der Waals surface area contributed by atoms with Gasteiger partial charge in [-0.1, -0.05) is 22.3 Å². The molecule has 2 heterocycles. The van der Waals surface area contributed by atoms with E-state index in [4.69, 9.17) is 18.9 Å². The first-order valence-electron chi connectivity index (χ1n) is 3.84. The molecular formula is C10H24O4. The summed E-state index contributed by atoms with van der Waals surface area (Å²) in [5.41, 5.74) is 0. The van der Waals surface area contributed by atoms with Gasteiger partial charge < -0.3 is 18.9 Å². The lowest BCUT2D eigenvalue weighted by Crippen LogP contribution is -2.08. The van der Waals surface area contributed by atoms with Gasteiger partial charge in [-0.3, -0.25) is 0 Å². The molecule has 2 aliphatic rings. The highest BCUT2D eigenvalue weighted by Gasteiger charge is 2.23. The van der Waals surface area contributed by atoms with E-state index in [0.29, 0.717) is 32.2 Å². The highest BCUT2D eigenvalue weighted by atomic mass is 16.7. The number of hydrogen-bond acceptors (Lipinski definition) is 4. The van der Waals surface area contributed by atoms with Crippen molar-refractivity contribution in [3.8, 4) is 0 Å². The molecule has 0 bridgehead atoms. The summed E-state index contributed by atoms with van der Waals surface area (Å²) in [5, 5.41) is 0. The van der Waals surface area contributed by atoms with E-state index in [0.717, 1.165) is 13.2 Å². The van der Waals surface area contributed by atoms with E-state index in [-0.39, 0.29) is 22.3 Å². The monoisotopic (exact) mass is 208 g/mol. The molecular weight excluding hydrogens is 184 g/mol. The number of ether oxygens (including phenoxy) is 4. The second kappa shape index (κ2) is 8.17. The molecule has 88 valence electrons. The fourth-order valence-electron chi connectivity index (χ4n) is 0.747. The molecule has 2 saturated heterocycles. The van der Waals surface area contributed by atoms with Gasteiger partial charge in [0, 0.05) is 0 Å². The number of epoxide rings is 2. The Kier molecular flexibility index (Phi) is 9.50. The molecule has 2 fully saturated rings. The van der Waals surface area contributed by atoms with Crippen molar-refractivity contribution >= 4 is 0 Å². The van der Waals surface area contributed by atoms with Crippen molar-refractivity contribution in [3.05, 3.63) is 0 Å². The molecule has 4 nitrogen and oxygen atoms in total. The third-order valence-corrected chi connectivity index (χ3v) is 1.58. The Morgan fingerprint density at radius 1 is 0.857 bits per heavy atom. The summed E-state index contributed by atoms with van der Waals surface area (Å²) in [4.78, 5) is 0. The maximum Gasteiger partial charge on any atom is 0.146 e. The largest absolute Gasteiger partial charge is 0.371 e. The summed E-state index contributed by atoms with van der Waals surface area (Å²) in [5.74, 6) is 0. The number of rotatable bonds is 6. The van der Waals surface area contributed by atoms with Crippen LogP contribution in [0.15, 0.2) is 0 Å². The Labute approximate surface area is 87.5 Å². The smallest absolute Gasteiger partial charge is 0.146 e. The zero-order chi connectivity index (χ0) is 7.52. The van der Waals surface area contributed by atoms with Crippen molar-refractivity contribution in [1.29, 1.82) is 0 Å². The van der Waals surface area contributed by atoms with Crippen LogP contribution in [0.4, 0.5) is 0 Å². The molecule has 2 aliphatic heterocycles. The molecule has 4 heteroatoms. The lowest BCUT2D eigenvalue weighted by Gasteiger charge is -2.01. The lowest BCUT2D eigenvalue weighted by atomic mass is 10.5. The van der Waals surface area contributed by atoms with Gasteiger partial charge in [-0.2, -0.15) is 0 Å². The van der Waals surface area contributed by atoms with E-state index in [2.05, 4.69) is 0 Å². The Morgan fingerprint density at radius 2 is 1.21 bits per heavy atom. The van der Waals surface area contributed by atoms with E-state index in [1.807, 2.05) is 0 Å². The molecule has 14 heavy (non-hydrogen) atoms. The normalized spacial score (nSPS) is 26.6. The summed E-state index contributed by atoms with van der Waals surface area (Å²) in [6.45, 7) is 3.36. The van der Waals surface area contributed by atoms with Crippen LogP contribution in [0.1, 0.15) is 22.3 Å². The van der Waals surface area contributed by atoms with Gasteiger partial charge in [0.15, 0.2) is 0 Å². The van der Waals surface area contributed by atoms with Crippen molar-refractivity contribution < 1.29 is 18.9 Å². The van der Waals surface area contributed by atoms with Gasteiger partial charge in [0.2, 0.25) is 0 Å². The van der Waals surface area contributed by atoms with Crippen LogP contribution in [0.5, 0.6) is 0 Å². The third kappa shape index (κ3) is 7.26. The summed E-state index contributed by atoms with van der Waals surface area (Å²) >= 11 is 0. The molecule has 0 radical (unpaired) electrons. The standard InChI is InChI=1S/C7H12O4.3CH4/c1(6-3-10-6)8-5-9-2-7-4-11-7;;;/h6-7H,1-5H2;3*1H4. The Morgan fingerprint density at radius 3 is 1.50 bits per heavy atom. The quantitative estimate of drug-likeness (QED) is 0.378. The van der Waals surface area contributed by atoms with Gasteiger partial charge in [0.05, 0.1) is 26.4 Å². The van der Waals surface area contributed by atoms with E-state index >= 15 is 0 Å².